The van der Waals surface area contributed by atoms with Crippen LogP contribution in [0.25, 0.3) is 0 Å². The van der Waals surface area contributed by atoms with Crippen LogP contribution in [0.2, 0.25) is 0 Å². The van der Waals surface area contributed by atoms with Gasteiger partial charge in [-0.15, -0.1) is 0 Å². The predicted molar refractivity (Wildman–Crippen MR) is 118 cm³/mol. The average Bonchev–Trinajstić information content (AvgIpc) is 3.50. The zero-order valence-electron chi connectivity index (χ0n) is 18.1. The lowest BCUT2D eigenvalue weighted by atomic mass is 9.96. The molecule has 0 unspecified atom stereocenters. The number of likely N-dealkylation sites (tertiary alicyclic amines) is 1. The van der Waals surface area contributed by atoms with Crippen LogP contribution >= 0.6 is 0 Å². The molecule has 4 rings (SSSR count). The van der Waals surface area contributed by atoms with Gasteiger partial charge in [0.1, 0.15) is 11.9 Å². The topological polar surface area (TPSA) is 78.5 Å². The zero-order chi connectivity index (χ0) is 22.7. The number of nitrogens with one attached hydrogen (secondary N) is 2. The Kier molecular flexibility index (Phi) is 6.53. The molecule has 0 spiro atoms. The van der Waals surface area contributed by atoms with Crippen molar-refractivity contribution in [2.75, 3.05) is 13.1 Å². The monoisotopic (exact) mass is 437 g/mol. The first-order valence-electron chi connectivity index (χ1n) is 11.1. The summed E-state index contributed by atoms with van der Waals surface area (Å²) in [5.41, 5.74) is 2.24. The fraction of sp³-hybridized carbons (Fsp3) is 0.400. The van der Waals surface area contributed by atoms with E-state index in [9.17, 15) is 18.8 Å². The third kappa shape index (κ3) is 4.98. The molecule has 0 bridgehead atoms. The van der Waals surface area contributed by atoms with E-state index >= 15 is 0 Å². The second kappa shape index (κ2) is 9.51. The van der Waals surface area contributed by atoms with E-state index in [0.717, 1.165) is 24.0 Å². The van der Waals surface area contributed by atoms with Crippen LogP contribution in [0, 0.1) is 5.82 Å². The summed E-state index contributed by atoms with van der Waals surface area (Å²) in [6, 6.07) is 13.5. The van der Waals surface area contributed by atoms with E-state index in [2.05, 4.69) is 10.6 Å². The number of amides is 3. The van der Waals surface area contributed by atoms with Gasteiger partial charge in [0, 0.05) is 13.5 Å². The van der Waals surface area contributed by atoms with Crippen molar-refractivity contribution in [1.29, 1.82) is 0 Å². The maximum absolute atomic E-state index is 14.8. The average molecular weight is 438 g/mol. The molecule has 7 heteroatoms. The molecule has 2 aliphatic rings. The molecule has 32 heavy (non-hydrogen) atoms. The molecule has 3 amide bonds. The van der Waals surface area contributed by atoms with Gasteiger partial charge in [0.2, 0.25) is 17.7 Å². The standard InChI is InChI=1S/C25H28FN3O3/c1-16(30)27-15-23(31)29-13-5-8-22(29)25(32)28-24(18-6-3-2-4-7-18)19-11-12-20(17-9-10-17)21(26)14-19/h2-4,6-7,11-12,14,17,22,24H,5,8-10,13,15H2,1H3,(H,27,30)(H,28,32)/t22-,24-/m0/s1. The lowest BCUT2D eigenvalue weighted by molar-refractivity contribution is -0.138. The molecule has 2 fully saturated rings. The molecule has 2 aromatic carbocycles. The highest BCUT2D eigenvalue weighted by Crippen LogP contribution is 2.41. The van der Waals surface area contributed by atoms with Gasteiger partial charge in [-0.05, 0) is 54.4 Å². The summed E-state index contributed by atoms with van der Waals surface area (Å²) in [6.45, 7) is 1.69. The van der Waals surface area contributed by atoms with Crippen LogP contribution in [0.5, 0.6) is 0 Å². The Labute approximate surface area is 187 Å². The Morgan fingerprint density at radius 1 is 1.06 bits per heavy atom. The molecule has 2 aromatic rings. The molecular weight excluding hydrogens is 409 g/mol. The number of hydrogen-bond donors (Lipinski definition) is 2. The van der Waals surface area contributed by atoms with Crippen molar-refractivity contribution in [3.05, 3.63) is 71.0 Å². The van der Waals surface area contributed by atoms with E-state index in [4.69, 9.17) is 0 Å². The van der Waals surface area contributed by atoms with Crippen molar-refractivity contribution in [2.24, 2.45) is 0 Å². The first-order chi connectivity index (χ1) is 15.4. The molecule has 1 heterocycles. The van der Waals surface area contributed by atoms with Crippen LogP contribution < -0.4 is 10.6 Å². The molecule has 2 atom stereocenters. The van der Waals surface area contributed by atoms with Crippen molar-refractivity contribution in [3.63, 3.8) is 0 Å². The Bertz CT molecular complexity index is 1010. The number of carbonyl (C=O) groups is 3. The number of carbonyl (C=O) groups excluding carboxylic acids is 3. The van der Waals surface area contributed by atoms with Gasteiger partial charge < -0.3 is 15.5 Å². The van der Waals surface area contributed by atoms with E-state index < -0.39 is 12.1 Å². The van der Waals surface area contributed by atoms with Gasteiger partial charge in [0.05, 0.1) is 12.6 Å². The minimum atomic E-state index is -0.613. The molecular formula is C25H28FN3O3. The predicted octanol–water partition coefficient (Wildman–Crippen LogP) is 3.04. The largest absolute Gasteiger partial charge is 0.347 e. The number of rotatable bonds is 7. The van der Waals surface area contributed by atoms with Gasteiger partial charge in [-0.1, -0.05) is 42.5 Å². The molecule has 2 N–H and O–H groups in total. The van der Waals surface area contributed by atoms with Crippen molar-refractivity contribution in [1.82, 2.24) is 15.5 Å². The third-order valence-electron chi connectivity index (χ3n) is 6.16. The number of nitrogens with zero attached hydrogens (tertiary/aromatic N) is 1. The summed E-state index contributed by atoms with van der Waals surface area (Å²) < 4.78 is 14.8. The minimum absolute atomic E-state index is 0.130. The highest BCUT2D eigenvalue weighted by Gasteiger charge is 2.35. The van der Waals surface area contributed by atoms with E-state index in [1.807, 2.05) is 42.5 Å². The zero-order valence-corrected chi connectivity index (χ0v) is 18.1. The summed E-state index contributed by atoms with van der Waals surface area (Å²) in [7, 11) is 0. The van der Waals surface area contributed by atoms with E-state index in [0.29, 0.717) is 30.9 Å². The van der Waals surface area contributed by atoms with Crippen LogP contribution in [0.1, 0.15) is 61.3 Å². The van der Waals surface area contributed by atoms with Crippen molar-refractivity contribution < 1.29 is 18.8 Å². The van der Waals surface area contributed by atoms with Crippen LogP contribution in [0.4, 0.5) is 4.39 Å². The molecule has 1 saturated heterocycles. The number of benzene rings is 2. The Balaban J connectivity index is 1.54. The molecule has 6 nitrogen and oxygen atoms in total. The first kappa shape index (κ1) is 22.0. The van der Waals surface area contributed by atoms with E-state index in [1.165, 1.54) is 17.9 Å². The maximum atomic E-state index is 14.8. The van der Waals surface area contributed by atoms with Crippen molar-refractivity contribution >= 4 is 17.7 Å². The van der Waals surface area contributed by atoms with Gasteiger partial charge in [-0.3, -0.25) is 14.4 Å². The SMILES string of the molecule is CC(=O)NCC(=O)N1CCC[C@H]1C(=O)N[C@@H](c1ccccc1)c1ccc(C2CC2)c(F)c1. The number of halogens is 1. The molecule has 0 radical (unpaired) electrons. The Morgan fingerprint density at radius 2 is 1.81 bits per heavy atom. The summed E-state index contributed by atoms with van der Waals surface area (Å²) in [5, 5.41) is 5.54. The lowest BCUT2D eigenvalue weighted by Gasteiger charge is -2.27. The lowest BCUT2D eigenvalue weighted by Crippen LogP contribution is -2.49. The normalized spacial score (nSPS) is 18.8. The molecule has 1 aliphatic carbocycles. The smallest absolute Gasteiger partial charge is 0.243 e. The Hall–Kier alpha value is -3.22. The van der Waals surface area contributed by atoms with Gasteiger partial charge in [0.25, 0.3) is 0 Å². The van der Waals surface area contributed by atoms with Crippen LogP contribution in [-0.4, -0.2) is 41.8 Å². The molecule has 0 aromatic heterocycles. The van der Waals surface area contributed by atoms with Gasteiger partial charge >= 0.3 is 0 Å². The second-order valence-electron chi connectivity index (χ2n) is 8.56. The van der Waals surface area contributed by atoms with Gasteiger partial charge in [-0.25, -0.2) is 4.39 Å². The summed E-state index contributed by atoms with van der Waals surface area (Å²) >= 11 is 0. The van der Waals surface area contributed by atoms with E-state index in [-0.39, 0.29) is 30.1 Å². The fourth-order valence-corrected chi connectivity index (χ4v) is 4.33. The van der Waals surface area contributed by atoms with E-state index in [1.54, 1.807) is 0 Å². The highest BCUT2D eigenvalue weighted by molar-refractivity contribution is 5.90. The third-order valence-corrected chi connectivity index (χ3v) is 6.16. The maximum Gasteiger partial charge on any atom is 0.243 e. The van der Waals surface area contributed by atoms with Crippen molar-refractivity contribution in [2.45, 2.75) is 50.6 Å². The molecule has 1 saturated carbocycles. The molecule has 1 aliphatic heterocycles. The summed E-state index contributed by atoms with van der Waals surface area (Å²) in [5.74, 6) is -0.795. The number of hydrogen-bond acceptors (Lipinski definition) is 3. The first-order valence-corrected chi connectivity index (χ1v) is 11.1. The summed E-state index contributed by atoms with van der Waals surface area (Å²) in [6.07, 6.45) is 3.29. The summed E-state index contributed by atoms with van der Waals surface area (Å²) in [4.78, 5) is 38.4. The van der Waals surface area contributed by atoms with Crippen LogP contribution in [-0.2, 0) is 14.4 Å². The van der Waals surface area contributed by atoms with Crippen LogP contribution in [0.15, 0.2) is 48.5 Å². The quantitative estimate of drug-likeness (QED) is 0.699. The second-order valence-corrected chi connectivity index (χ2v) is 8.56. The van der Waals surface area contributed by atoms with Gasteiger partial charge in [-0.2, -0.15) is 0 Å². The minimum Gasteiger partial charge on any atom is -0.347 e. The fourth-order valence-electron chi connectivity index (χ4n) is 4.33. The van der Waals surface area contributed by atoms with Crippen molar-refractivity contribution in [3.8, 4) is 0 Å². The molecule has 168 valence electrons. The van der Waals surface area contributed by atoms with Crippen LogP contribution in [0.3, 0.4) is 0 Å². The van der Waals surface area contributed by atoms with Gasteiger partial charge in [0.15, 0.2) is 0 Å². The Morgan fingerprint density at radius 3 is 2.47 bits per heavy atom. The highest BCUT2D eigenvalue weighted by atomic mass is 19.1.